The Bertz CT molecular complexity index is 789. The topological polar surface area (TPSA) is 87.2 Å². The minimum absolute atomic E-state index is 0.0368. The van der Waals surface area contributed by atoms with Crippen molar-refractivity contribution in [1.82, 2.24) is 15.3 Å². The molecule has 1 fully saturated rings. The van der Waals surface area contributed by atoms with Crippen molar-refractivity contribution in [3.05, 3.63) is 47.8 Å². The molecule has 0 saturated carbocycles. The normalized spacial score (nSPS) is 16.7. The quantitative estimate of drug-likeness (QED) is 0.845. The van der Waals surface area contributed by atoms with E-state index in [1.165, 1.54) is 0 Å². The van der Waals surface area contributed by atoms with Gasteiger partial charge in [-0.25, -0.2) is 9.97 Å². The summed E-state index contributed by atoms with van der Waals surface area (Å²) in [6.07, 6.45) is 5.09. The number of piperidine rings is 1. The van der Waals surface area contributed by atoms with Crippen molar-refractivity contribution in [2.45, 2.75) is 26.7 Å². The third-order valence-electron chi connectivity index (χ3n) is 4.80. The highest BCUT2D eigenvalue weighted by Gasteiger charge is 2.27. The van der Waals surface area contributed by atoms with Crippen molar-refractivity contribution in [2.24, 2.45) is 5.92 Å². The summed E-state index contributed by atoms with van der Waals surface area (Å²) < 4.78 is 0. The minimum Gasteiger partial charge on any atom is -0.347 e. The van der Waals surface area contributed by atoms with Gasteiger partial charge in [0.1, 0.15) is 0 Å². The molecule has 0 bridgehead atoms. The van der Waals surface area contributed by atoms with E-state index in [1.807, 2.05) is 36.9 Å². The second-order valence-electron chi connectivity index (χ2n) is 6.87. The van der Waals surface area contributed by atoms with Gasteiger partial charge in [-0.1, -0.05) is 18.2 Å². The van der Waals surface area contributed by atoms with E-state index in [0.717, 1.165) is 36.2 Å². The Morgan fingerprint density at radius 2 is 1.85 bits per heavy atom. The molecule has 1 aromatic carbocycles. The number of carbonyl (C=O) groups excluding carboxylic acids is 2. The number of nitrogens with one attached hydrogen (secondary N) is 2. The van der Waals surface area contributed by atoms with Crippen LogP contribution in [0.2, 0.25) is 0 Å². The lowest BCUT2D eigenvalue weighted by Crippen LogP contribution is -2.45. The molecule has 0 radical (unpaired) electrons. The molecule has 1 saturated heterocycles. The number of hydrogen-bond donors (Lipinski definition) is 2. The van der Waals surface area contributed by atoms with Crippen LogP contribution in [0.15, 0.2) is 36.7 Å². The van der Waals surface area contributed by atoms with E-state index in [0.29, 0.717) is 12.5 Å². The second-order valence-corrected chi connectivity index (χ2v) is 6.87. The van der Waals surface area contributed by atoms with E-state index < -0.39 is 0 Å². The monoisotopic (exact) mass is 367 g/mol. The zero-order chi connectivity index (χ0) is 19.2. The molecule has 142 valence electrons. The van der Waals surface area contributed by atoms with E-state index >= 15 is 0 Å². The number of aryl methyl sites for hydroxylation is 2. The fraction of sp³-hybridized carbons (Fsp3) is 0.400. The van der Waals surface area contributed by atoms with E-state index in [-0.39, 0.29) is 24.3 Å². The lowest BCUT2D eigenvalue weighted by Gasteiger charge is -2.31. The Balaban J connectivity index is 1.52. The van der Waals surface area contributed by atoms with Crippen LogP contribution in [0.25, 0.3) is 0 Å². The van der Waals surface area contributed by atoms with Crippen molar-refractivity contribution in [1.29, 1.82) is 0 Å². The zero-order valence-corrected chi connectivity index (χ0v) is 15.7. The molecule has 3 rings (SSSR count). The van der Waals surface area contributed by atoms with Gasteiger partial charge in [-0.15, -0.1) is 0 Å². The van der Waals surface area contributed by atoms with Gasteiger partial charge >= 0.3 is 0 Å². The summed E-state index contributed by atoms with van der Waals surface area (Å²) in [5.41, 5.74) is 2.81. The van der Waals surface area contributed by atoms with Crippen LogP contribution in [0.4, 0.5) is 11.6 Å². The first-order valence-electron chi connectivity index (χ1n) is 9.20. The number of benzene rings is 1. The SMILES string of the molecule is Cc1cccc(C)c1NC(=O)CNC(=O)C1CCCN(c2ncccn2)C1. The third kappa shape index (κ3) is 4.81. The highest BCUT2D eigenvalue weighted by molar-refractivity contribution is 5.96. The second kappa shape index (κ2) is 8.62. The molecule has 1 aliphatic rings. The van der Waals surface area contributed by atoms with Crippen molar-refractivity contribution >= 4 is 23.5 Å². The number of amides is 2. The number of para-hydroxylation sites is 1. The third-order valence-corrected chi connectivity index (χ3v) is 4.80. The summed E-state index contributed by atoms with van der Waals surface area (Å²) in [4.78, 5) is 35.3. The van der Waals surface area contributed by atoms with Crippen molar-refractivity contribution in [3.8, 4) is 0 Å². The number of aromatic nitrogens is 2. The Morgan fingerprint density at radius 1 is 1.15 bits per heavy atom. The Kier molecular flexibility index (Phi) is 6.01. The first-order valence-corrected chi connectivity index (χ1v) is 9.20. The van der Waals surface area contributed by atoms with E-state index in [2.05, 4.69) is 20.6 Å². The molecular formula is C20H25N5O2. The van der Waals surface area contributed by atoms with Gasteiger partial charge in [0.25, 0.3) is 0 Å². The molecule has 2 aromatic rings. The van der Waals surface area contributed by atoms with Crippen LogP contribution in [0.3, 0.4) is 0 Å². The smallest absolute Gasteiger partial charge is 0.243 e. The standard InChI is InChI=1S/C20H25N5O2/c1-14-6-3-7-15(2)18(14)24-17(26)12-23-19(27)16-8-4-11-25(13-16)20-21-9-5-10-22-20/h3,5-7,9-10,16H,4,8,11-13H2,1-2H3,(H,23,27)(H,24,26). The van der Waals surface area contributed by atoms with Gasteiger partial charge in [0.15, 0.2) is 0 Å². The first kappa shape index (κ1) is 18.8. The molecule has 1 atom stereocenters. The molecule has 2 N–H and O–H groups in total. The molecule has 2 amide bonds. The van der Waals surface area contributed by atoms with Crippen LogP contribution in [-0.2, 0) is 9.59 Å². The maximum Gasteiger partial charge on any atom is 0.243 e. The molecular weight excluding hydrogens is 342 g/mol. The molecule has 27 heavy (non-hydrogen) atoms. The largest absolute Gasteiger partial charge is 0.347 e. The maximum absolute atomic E-state index is 12.5. The Hall–Kier alpha value is -2.96. The number of hydrogen-bond acceptors (Lipinski definition) is 5. The fourth-order valence-corrected chi connectivity index (χ4v) is 3.33. The van der Waals surface area contributed by atoms with Crippen molar-refractivity contribution < 1.29 is 9.59 Å². The van der Waals surface area contributed by atoms with Crippen molar-refractivity contribution in [3.63, 3.8) is 0 Å². The minimum atomic E-state index is -0.222. The van der Waals surface area contributed by atoms with Gasteiger partial charge in [0, 0.05) is 31.2 Å². The highest BCUT2D eigenvalue weighted by Crippen LogP contribution is 2.21. The van der Waals surface area contributed by atoms with E-state index in [4.69, 9.17) is 0 Å². The summed E-state index contributed by atoms with van der Waals surface area (Å²) in [6.45, 7) is 5.26. The molecule has 2 heterocycles. The van der Waals surface area contributed by atoms with E-state index in [1.54, 1.807) is 18.5 Å². The number of carbonyl (C=O) groups is 2. The predicted octanol–water partition coefficient (Wildman–Crippen LogP) is 2.06. The number of anilines is 2. The van der Waals surface area contributed by atoms with Crippen LogP contribution in [-0.4, -0.2) is 41.4 Å². The zero-order valence-electron chi connectivity index (χ0n) is 15.7. The molecule has 1 aliphatic heterocycles. The van der Waals surface area contributed by atoms with Gasteiger partial charge in [-0.2, -0.15) is 0 Å². The molecule has 7 heteroatoms. The van der Waals surface area contributed by atoms with Gasteiger partial charge in [-0.3, -0.25) is 9.59 Å². The van der Waals surface area contributed by atoms with Crippen LogP contribution in [0.5, 0.6) is 0 Å². The first-order chi connectivity index (χ1) is 13.0. The average Bonchev–Trinajstić information content (AvgIpc) is 2.70. The molecule has 1 aromatic heterocycles. The Labute approximate surface area is 159 Å². The predicted molar refractivity (Wildman–Crippen MR) is 105 cm³/mol. The van der Waals surface area contributed by atoms with Crippen LogP contribution in [0.1, 0.15) is 24.0 Å². The van der Waals surface area contributed by atoms with Gasteiger partial charge in [-0.05, 0) is 43.9 Å². The lowest BCUT2D eigenvalue weighted by molar-refractivity contribution is -0.127. The average molecular weight is 367 g/mol. The summed E-state index contributed by atoms with van der Waals surface area (Å²) in [6, 6.07) is 7.62. The number of nitrogens with zero attached hydrogens (tertiary/aromatic N) is 3. The van der Waals surface area contributed by atoms with Gasteiger partial charge in [0.05, 0.1) is 12.5 Å². The Morgan fingerprint density at radius 3 is 2.56 bits per heavy atom. The van der Waals surface area contributed by atoms with E-state index in [9.17, 15) is 9.59 Å². The van der Waals surface area contributed by atoms with Crippen LogP contribution < -0.4 is 15.5 Å². The van der Waals surface area contributed by atoms with Gasteiger partial charge in [0.2, 0.25) is 17.8 Å². The summed E-state index contributed by atoms with van der Waals surface area (Å²) in [7, 11) is 0. The summed E-state index contributed by atoms with van der Waals surface area (Å²) in [5, 5.41) is 5.65. The molecule has 0 spiro atoms. The molecule has 0 aliphatic carbocycles. The summed E-state index contributed by atoms with van der Waals surface area (Å²) >= 11 is 0. The van der Waals surface area contributed by atoms with Crippen molar-refractivity contribution in [2.75, 3.05) is 29.9 Å². The van der Waals surface area contributed by atoms with Crippen LogP contribution >= 0.6 is 0 Å². The molecule has 1 unspecified atom stereocenters. The molecule has 7 nitrogen and oxygen atoms in total. The van der Waals surface area contributed by atoms with Crippen LogP contribution in [0, 0.1) is 19.8 Å². The van der Waals surface area contributed by atoms with Gasteiger partial charge < -0.3 is 15.5 Å². The highest BCUT2D eigenvalue weighted by atomic mass is 16.2. The fourth-order valence-electron chi connectivity index (χ4n) is 3.33. The number of rotatable bonds is 5. The maximum atomic E-state index is 12.5. The lowest BCUT2D eigenvalue weighted by atomic mass is 9.97. The summed E-state index contributed by atoms with van der Waals surface area (Å²) in [5.74, 6) is 0.144.